The summed E-state index contributed by atoms with van der Waals surface area (Å²) in [5.74, 6) is 1.64. The fourth-order valence-electron chi connectivity index (χ4n) is 3.94. The van der Waals surface area contributed by atoms with E-state index in [9.17, 15) is 0 Å². The number of nitrogens with zero attached hydrogens (tertiary/aromatic N) is 2. The maximum atomic E-state index is 5.91. The molecule has 0 radical (unpaired) electrons. The molecule has 0 aliphatic carbocycles. The van der Waals surface area contributed by atoms with Crippen LogP contribution < -0.4 is 9.64 Å². The second kappa shape index (κ2) is 8.07. The van der Waals surface area contributed by atoms with Crippen molar-refractivity contribution in [3.05, 3.63) is 89.0 Å². The summed E-state index contributed by atoms with van der Waals surface area (Å²) in [6.07, 6.45) is 4.29. The number of hydrogen-bond acceptors (Lipinski definition) is 3. The molecular formula is C28H30N2O. The van der Waals surface area contributed by atoms with Gasteiger partial charge in [0, 0.05) is 24.5 Å². The molecule has 0 fully saturated rings. The van der Waals surface area contributed by atoms with Gasteiger partial charge in [0.2, 0.25) is 0 Å². The number of ether oxygens (including phenoxy) is 1. The summed E-state index contributed by atoms with van der Waals surface area (Å²) >= 11 is 0. The van der Waals surface area contributed by atoms with E-state index in [1.165, 1.54) is 28.0 Å². The van der Waals surface area contributed by atoms with Gasteiger partial charge in [-0.2, -0.15) is 0 Å². The summed E-state index contributed by atoms with van der Waals surface area (Å²) in [6.45, 7) is 10.9. The number of allylic oxidation sites excluding steroid dienone is 1. The Bertz CT molecular complexity index is 1150. The van der Waals surface area contributed by atoms with Gasteiger partial charge in [-0.05, 0) is 99.8 Å². The first-order valence-corrected chi connectivity index (χ1v) is 10.7. The van der Waals surface area contributed by atoms with Gasteiger partial charge >= 0.3 is 0 Å². The predicted molar refractivity (Wildman–Crippen MR) is 132 cm³/mol. The molecule has 0 saturated carbocycles. The second-order valence-corrected chi connectivity index (χ2v) is 8.93. The summed E-state index contributed by atoms with van der Waals surface area (Å²) in [5, 5.41) is 0. The quantitative estimate of drug-likeness (QED) is 0.417. The molecule has 0 bridgehead atoms. The molecule has 3 aromatic rings. The Kier molecular flexibility index (Phi) is 5.45. The number of anilines is 1. The van der Waals surface area contributed by atoms with Gasteiger partial charge in [0.1, 0.15) is 11.5 Å². The lowest BCUT2D eigenvalue weighted by Gasteiger charge is -2.41. The highest BCUT2D eigenvalue weighted by Crippen LogP contribution is 2.39. The molecule has 4 rings (SSSR count). The summed E-state index contributed by atoms with van der Waals surface area (Å²) in [6, 6.07) is 20.4. The molecule has 0 spiro atoms. The smallest absolute Gasteiger partial charge is 0.127 e. The Hall–Kier alpha value is -3.33. The zero-order valence-electron chi connectivity index (χ0n) is 19.2. The standard InChI is InChI=1S/C28H30N2O/c1-19-7-11-24(12-8-19)31-25-13-9-23(10-14-25)29-18-22-16-26-21(3)17-28(4,5)30(6)27(26)15-20(22)2/h7-18H,1-6H3. The van der Waals surface area contributed by atoms with Crippen LogP contribution in [0.2, 0.25) is 0 Å². The lowest BCUT2D eigenvalue weighted by atomic mass is 9.87. The van der Waals surface area contributed by atoms with Crippen LogP contribution in [0.25, 0.3) is 5.57 Å². The average Bonchev–Trinajstić information content (AvgIpc) is 2.73. The molecule has 0 unspecified atom stereocenters. The van der Waals surface area contributed by atoms with E-state index in [0.29, 0.717) is 0 Å². The van der Waals surface area contributed by atoms with Crippen LogP contribution in [0.3, 0.4) is 0 Å². The van der Waals surface area contributed by atoms with E-state index in [0.717, 1.165) is 22.7 Å². The van der Waals surface area contributed by atoms with E-state index in [-0.39, 0.29) is 5.54 Å². The molecule has 1 aliphatic rings. The number of hydrogen-bond donors (Lipinski definition) is 0. The average molecular weight is 411 g/mol. The number of benzene rings is 3. The van der Waals surface area contributed by atoms with Gasteiger partial charge in [-0.25, -0.2) is 0 Å². The van der Waals surface area contributed by atoms with Crippen molar-refractivity contribution in [2.24, 2.45) is 4.99 Å². The Morgan fingerprint density at radius 1 is 0.871 bits per heavy atom. The fourth-order valence-corrected chi connectivity index (χ4v) is 3.94. The topological polar surface area (TPSA) is 24.8 Å². The monoisotopic (exact) mass is 410 g/mol. The van der Waals surface area contributed by atoms with E-state index in [4.69, 9.17) is 9.73 Å². The SMILES string of the molecule is CC1=CC(C)(C)N(C)c2cc(C)c(C=Nc3ccc(Oc4ccc(C)cc4)cc3)cc21. The third-order valence-corrected chi connectivity index (χ3v) is 6.05. The lowest BCUT2D eigenvalue weighted by Crippen LogP contribution is -2.42. The van der Waals surface area contributed by atoms with Crippen molar-refractivity contribution >= 4 is 23.2 Å². The summed E-state index contributed by atoms with van der Waals surface area (Å²) < 4.78 is 5.91. The predicted octanol–water partition coefficient (Wildman–Crippen LogP) is 7.48. The molecule has 31 heavy (non-hydrogen) atoms. The molecule has 158 valence electrons. The Morgan fingerprint density at radius 2 is 1.48 bits per heavy atom. The van der Waals surface area contributed by atoms with Crippen molar-refractivity contribution in [2.45, 2.75) is 40.2 Å². The lowest BCUT2D eigenvalue weighted by molar-refractivity contribution is 0.482. The Labute approximate surface area is 185 Å². The molecule has 3 aromatic carbocycles. The van der Waals surface area contributed by atoms with Crippen LogP contribution in [0.1, 0.15) is 43.0 Å². The summed E-state index contributed by atoms with van der Waals surface area (Å²) in [5.41, 5.74) is 8.35. The van der Waals surface area contributed by atoms with Crippen molar-refractivity contribution in [2.75, 3.05) is 11.9 Å². The highest BCUT2D eigenvalue weighted by molar-refractivity contribution is 5.90. The van der Waals surface area contributed by atoms with Crippen LogP contribution in [0.5, 0.6) is 11.5 Å². The summed E-state index contributed by atoms with van der Waals surface area (Å²) in [7, 11) is 2.16. The minimum atomic E-state index is 0.0154. The maximum absolute atomic E-state index is 5.91. The van der Waals surface area contributed by atoms with Crippen LogP contribution in [0, 0.1) is 13.8 Å². The molecule has 3 heteroatoms. The fraction of sp³-hybridized carbons (Fsp3) is 0.250. The minimum Gasteiger partial charge on any atom is -0.457 e. The zero-order valence-corrected chi connectivity index (χ0v) is 19.2. The first-order valence-electron chi connectivity index (χ1n) is 10.7. The van der Waals surface area contributed by atoms with E-state index in [2.05, 4.69) is 64.8 Å². The van der Waals surface area contributed by atoms with Gasteiger partial charge in [0.15, 0.2) is 0 Å². The Morgan fingerprint density at radius 3 is 2.13 bits per heavy atom. The first-order chi connectivity index (χ1) is 14.7. The summed E-state index contributed by atoms with van der Waals surface area (Å²) in [4.78, 5) is 7.05. The first kappa shape index (κ1) is 20.9. The maximum Gasteiger partial charge on any atom is 0.127 e. The molecule has 0 atom stereocenters. The highest BCUT2D eigenvalue weighted by Gasteiger charge is 2.28. The van der Waals surface area contributed by atoms with Gasteiger partial charge in [0.05, 0.1) is 11.2 Å². The highest BCUT2D eigenvalue weighted by atomic mass is 16.5. The van der Waals surface area contributed by atoms with Crippen molar-refractivity contribution in [3.63, 3.8) is 0 Å². The van der Waals surface area contributed by atoms with E-state index >= 15 is 0 Å². The molecular weight excluding hydrogens is 380 g/mol. The van der Waals surface area contributed by atoms with Gasteiger partial charge in [0.25, 0.3) is 0 Å². The van der Waals surface area contributed by atoms with Gasteiger partial charge < -0.3 is 9.64 Å². The minimum absolute atomic E-state index is 0.0154. The van der Waals surface area contributed by atoms with E-state index in [1.54, 1.807) is 0 Å². The Balaban J connectivity index is 1.54. The number of rotatable bonds is 4. The molecule has 1 aliphatic heterocycles. The van der Waals surface area contributed by atoms with Crippen LogP contribution in [-0.2, 0) is 0 Å². The van der Waals surface area contributed by atoms with Crippen LogP contribution in [0.15, 0.2) is 71.7 Å². The van der Waals surface area contributed by atoms with Crippen LogP contribution in [0.4, 0.5) is 11.4 Å². The molecule has 3 nitrogen and oxygen atoms in total. The van der Waals surface area contributed by atoms with Gasteiger partial charge in [-0.1, -0.05) is 23.8 Å². The third-order valence-electron chi connectivity index (χ3n) is 6.05. The van der Waals surface area contributed by atoms with E-state index in [1.807, 2.05) is 54.7 Å². The van der Waals surface area contributed by atoms with Crippen molar-refractivity contribution in [1.29, 1.82) is 0 Å². The van der Waals surface area contributed by atoms with Gasteiger partial charge in [-0.3, -0.25) is 4.99 Å². The normalized spacial score (nSPS) is 15.0. The van der Waals surface area contributed by atoms with Gasteiger partial charge in [-0.15, -0.1) is 0 Å². The number of aliphatic imine (C=N–C) groups is 1. The molecule has 0 amide bonds. The molecule has 1 heterocycles. The number of aryl methyl sites for hydroxylation is 2. The largest absolute Gasteiger partial charge is 0.457 e. The number of likely N-dealkylation sites (N-methyl/N-ethyl adjacent to an activating group) is 1. The van der Waals surface area contributed by atoms with E-state index < -0.39 is 0 Å². The molecule has 0 aromatic heterocycles. The molecule has 0 saturated heterocycles. The zero-order chi connectivity index (χ0) is 22.2. The van der Waals surface area contributed by atoms with Crippen molar-refractivity contribution in [3.8, 4) is 11.5 Å². The molecule has 0 N–H and O–H groups in total. The van der Waals surface area contributed by atoms with Crippen molar-refractivity contribution in [1.82, 2.24) is 0 Å². The van der Waals surface area contributed by atoms with Crippen molar-refractivity contribution < 1.29 is 4.74 Å². The third kappa shape index (κ3) is 4.41. The second-order valence-electron chi connectivity index (χ2n) is 8.93. The number of fused-ring (bicyclic) bond motifs is 1. The van der Waals surface area contributed by atoms with Crippen LogP contribution >= 0.6 is 0 Å². The van der Waals surface area contributed by atoms with Crippen LogP contribution in [-0.4, -0.2) is 18.8 Å².